The molecule has 0 N–H and O–H groups in total. The van der Waals surface area contributed by atoms with Crippen LogP contribution in [0.3, 0.4) is 0 Å². The predicted octanol–water partition coefficient (Wildman–Crippen LogP) is 4.65. The molecule has 0 amide bonds. The molecule has 0 saturated carbocycles. The first-order chi connectivity index (χ1) is 5.90. The number of hydrogen-bond acceptors (Lipinski definition) is 1. The quantitative estimate of drug-likeness (QED) is 0.657. The highest BCUT2D eigenvalue weighted by Crippen LogP contribution is 2.35. The fourth-order valence-electron chi connectivity index (χ4n) is 1.27. The highest BCUT2D eigenvalue weighted by atomic mass is 32.2. The van der Waals surface area contributed by atoms with E-state index in [4.69, 9.17) is 0 Å². The standard InChI is InChI=1S/C12H18S.3FH/c1-9-7-6-8-10(2)11(9)13-12(3,4)5;;;/h6-8H,1-5H3;3*1H. The second-order valence-corrected chi connectivity index (χ2v) is 6.27. The molecule has 0 atom stereocenters. The van der Waals surface area contributed by atoms with Gasteiger partial charge in [-0.2, -0.15) is 0 Å². The van der Waals surface area contributed by atoms with Crippen LogP contribution in [0.15, 0.2) is 23.1 Å². The van der Waals surface area contributed by atoms with Gasteiger partial charge in [-0.05, 0) is 25.0 Å². The van der Waals surface area contributed by atoms with E-state index < -0.39 is 0 Å². The van der Waals surface area contributed by atoms with Crippen molar-refractivity contribution in [3.8, 4) is 0 Å². The zero-order valence-corrected chi connectivity index (χ0v) is 11.2. The maximum atomic E-state index is 2.25. The Kier molecular flexibility index (Phi) is 9.85. The Morgan fingerprint density at radius 2 is 1.25 bits per heavy atom. The summed E-state index contributed by atoms with van der Waals surface area (Å²) in [7, 11) is 0. The number of halogens is 3. The molecule has 0 unspecified atom stereocenters. The van der Waals surface area contributed by atoms with Crippen molar-refractivity contribution in [3.05, 3.63) is 29.3 Å². The summed E-state index contributed by atoms with van der Waals surface area (Å²) in [4.78, 5) is 1.44. The minimum Gasteiger partial charge on any atom is -0.269 e. The lowest BCUT2D eigenvalue weighted by Crippen LogP contribution is -2.07. The molecule has 1 aromatic rings. The Hall–Kier alpha value is -0.640. The molecule has 0 saturated heterocycles. The van der Waals surface area contributed by atoms with Gasteiger partial charge in [-0.15, -0.1) is 11.8 Å². The van der Waals surface area contributed by atoms with Gasteiger partial charge in [-0.25, -0.2) is 0 Å². The Morgan fingerprint density at radius 3 is 1.56 bits per heavy atom. The molecule has 0 aliphatic heterocycles. The summed E-state index contributed by atoms with van der Waals surface area (Å²) in [6, 6.07) is 6.49. The molecule has 0 spiro atoms. The third-order valence-electron chi connectivity index (χ3n) is 1.82. The molecule has 0 heterocycles. The highest BCUT2D eigenvalue weighted by molar-refractivity contribution is 8.00. The molecule has 0 aromatic heterocycles. The molecule has 0 aliphatic rings. The fraction of sp³-hybridized carbons (Fsp3) is 0.500. The van der Waals surface area contributed by atoms with Crippen LogP contribution in [0.2, 0.25) is 0 Å². The largest absolute Gasteiger partial charge is 0.269 e. The van der Waals surface area contributed by atoms with E-state index in [0.717, 1.165) is 0 Å². The Balaban J connectivity index is -0.000000563. The van der Waals surface area contributed by atoms with Gasteiger partial charge in [0.15, 0.2) is 0 Å². The maximum absolute atomic E-state index is 2.25. The first-order valence-electron chi connectivity index (χ1n) is 4.65. The number of rotatable bonds is 1. The van der Waals surface area contributed by atoms with Crippen LogP contribution in [-0.2, 0) is 0 Å². The topological polar surface area (TPSA) is 0 Å². The molecule has 1 aromatic carbocycles. The number of hydrogen-bond donors (Lipinski definition) is 0. The molecule has 0 bridgehead atoms. The summed E-state index contributed by atoms with van der Waals surface area (Å²) in [6.45, 7) is 11.1. The summed E-state index contributed by atoms with van der Waals surface area (Å²) in [5, 5.41) is 0. The Labute approximate surface area is 99.9 Å². The maximum Gasteiger partial charge on any atom is 0.0136 e. The van der Waals surface area contributed by atoms with Crippen molar-refractivity contribution in [2.24, 2.45) is 0 Å². The van der Waals surface area contributed by atoms with Crippen LogP contribution in [0.25, 0.3) is 0 Å². The van der Waals surface area contributed by atoms with E-state index in [1.165, 1.54) is 16.0 Å². The van der Waals surface area contributed by atoms with Crippen LogP contribution < -0.4 is 0 Å². The van der Waals surface area contributed by atoms with E-state index in [9.17, 15) is 0 Å². The molecule has 4 heteroatoms. The third-order valence-corrected chi connectivity index (χ3v) is 3.28. The van der Waals surface area contributed by atoms with Crippen LogP contribution in [0, 0.1) is 13.8 Å². The van der Waals surface area contributed by atoms with Gasteiger partial charge in [0.1, 0.15) is 0 Å². The zero-order valence-electron chi connectivity index (χ0n) is 10.4. The van der Waals surface area contributed by atoms with Crippen molar-refractivity contribution in [3.63, 3.8) is 0 Å². The summed E-state index contributed by atoms with van der Waals surface area (Å²) in [5.74, 6) is 0. The van der Waals surface area contributed by atoms with E-state index in [0.29, 0.717) is 4.75 Å². The van der Waals surface area contributed by atoms with Gasteiger partial charge in [0.2, 0.25) is 0 Å². The smallest absolute Gasteiger partial charge is 0.0136 e. The number of aryl methyl sites for hydroxylation is 2. The number of thioether (sulfide) groups is 1. The van der Waals surface area contributed by atoms with Crippen molar-refractivity contribution >= 4 is 11.8 Å². The first kappa shape index (κ1) is 20.7. The van der Waals surface area contributed by atoms with Crippen LogP contribution in [0.5, 0.6) is 0 Å². The Bertz CT molecular complexity index is 285. The minimum atomic E-state index is 0. The van der Waals surface area contributed by atoms with Crippen LogP contribution in [-0.4, -0.2) is 4.75 Å². The molecule has 0 radical (unpaired) electrons. The number of benzene rings is 1. The lowest BCUT2D eigenvalue weighted by atomic mass is 10.2. The van der Waals surface area contributed by atoms with Gasteiger partial charge in [-0.3, -0.25) is 14.1 Å². The van der Waals surface area contributed by atoms with E-state index in [2.05, 4.69) is 52.8 Å². The summed E-state index contributed by atoms with van der Waals surface area (Å²) >= 11 is 1.95. The molecule has 1 rings (SSSR count). The molecular formula is C12H21F3S. The minimum absolute atomic E-state index is 0. The van der Waals surface area contributed by atoms with E-state index >= 15 is 0 Å². The zero-order chi connectivity index (χ0) is 10.1. The molecule has 96 valence electrons. The highest BCUT2D eigenvalue weighted by Gasteiger charge is 2.14. The van der Waals surface area contributed by atoms with Crippen molar-refractivity contribution < 1.29 is 14.1 Å². The van der Waals surface area contributed by atoms with Crippen molar-refractivity contribution in [1.82, 2.24) is 0 Å². The molecule has 0 aliphatic carbocycles. The van der Waals surface area contributed by atoms with Gasteiger partial charge < -0.3 is 0 Å². The first-order valence-corrected chi connectivity index (χ1v) is 5.47. The fourth-order valence-corrected chi connectivity index (χ4v) is 2.34. The second-order valence-electron chi connectivity index (χ2n) is 4.44. The molecule has 16 heavy (non-hydrogen) atoms. The van der Waals surface area contributed by atoms with Crippen LogP contribution >= 0.6 is 11.8 Å². The van der Waals surface area contributed by atoms with E-state index in [-0.39, 0.29) is 14.1 Å². The normalized spacial score (nSPS) is 9.56. The van der Waals surface area contributed by atoms with E-state index in [1.54, 1.807) is 0 Å². The van der Waals surface area contributed by atoms with Crippen LogP contribution in [0.1, 0.15) is 31.9 Å². The lowest BCUT2D eigenvalue weighted by Gasteiger charge is -2.20. The van der Waals surface area contributed by atoms with Gasteiger partial charge in [0.05, 0.1) is 0 Å². The summed E-state index contributed by atoms with van der Waals surface area (Å²) in [5.41, 5.74) is 2.78. The Morgan fingerprint density at radius 1 is 0.875 bits per heavy atom. The summed E-state index contributed by atoms with van der Waals surface area (Å²) in [6.07, 6.45) is 0. The van der Waals surface area contributed by atoms with Crippen LogP contribution in [0.4, 0.5) is 14.1 Å². The SMILES string of the molecule is Cc1cccc(C)c1SC(C)(C)C.F.F.F. The average molecular weight is 254 g/mol. The average Bonchev–Trinajstić information content (AvgIpc) is 1.95. The third kappa shape index (κ3) is 6.05. The second kappa shape index (κ2) is 7.60. The van der Waals surface area contributed by atoms with Crippen molar-refractivity contribution in [2.45, 2.75) is 44.3 Å². The molecule has 0 nitrogen and oxygen atoms in total. The lowest BCUT2D eigenvalue weighted by molar-refractivity contribution is 0.801. The molecular weight excluding hydrogens is 233 g/mol. The predicted molar refractivity (Wildman–Crippen MR) is 69.0 cm³/mol. The van der Waals surface area contributed by atoms with Crippen molar-refractivity contribution in [1.29, 1.82) is 0 Å². The molecule has 0 fully saturated rings. The van der Waals surface area contributed by atoms with E-state index in [1.807, 2.05) is 11.8 Å². The van der Waals surface area contributed by atoms with Crippen molar-refractivity contribution in [2.75, 3.05) is 0 Å². The van der Waals surface area contributed by atoms with Gasteiger partial charge in [-0.1, -0.05) is 39.0 Å². The van der Waals surface area contributed by atoms with Gasteiger partial charge in [0.25, 0.3) is 0 Å². The summed E-state index contributed by atoms with van der Waals surface area (Å²) < 4.78 is 0.302. The van der Waals surface area contributed by atoms with Gasteiger partial charge in [0, 0.05) is 9.64 Å². The van der Waals surface area contributed by atoms with Gasteiger partial charge >= 0.3 is 0 Å². The monoisotopic (exact) mass is 254 g/mol.